The zero-order valence-electron chi connectivity index (χ0n) is 8.89. The summed E-state index contributed by atoms with van der Waals surface area (Å²) in [7, 11) is 0. The number of pyridine rings is 1. The van der Waals surface area contributed by atoms with E-state index in [0.717, 1.165) is 5.69 Å². The Hall–Kier alpha value is -0.930. The molecule has 1 fully saturated rings. The lowest BCUT2D eigenvalue weighted by molar-refractivity contribution is 0.165. The lowest BCUT2D eigenvalue weighted by Crippen LogP contribution is -2.30. The van der Waals surface area contributed by atoms with Gasteiger partial charge in [-0.25, -0.2) is 0 Å². The molecule has 0 aliphatic heterocycles. The number of nitrogens with one attached hydrogen (secondary N) is 1. The van der Waals surface area contributed by atoms with E-state index in [0.29, 0.717) is 12.6 Å². The van der Waals surface area contributed by atoms with Crippen molar-refractivity contribution in [2.24, 2.45) is 0 Å². The third-order valence-corrected chi connectivity index (χ3v) is 2.98. The number of hydrogen-bond acceptors (Lipinski definition) is 3. The quantitative estimate of drug-likeness (QED) is 0.787. The molecule has 1 unspecified atom stereocenters. The number of rotatable bonds is 4. The van der Waals surface area contributed by atoms with Crippen molar-refractivity contribution in [3.05, 3.63) is 30.1 Å². The Bertz CT molecular complexity index is 283. The van der Waals surface area contributed by atoms with Gasteiger partial charge in [-0.15, -0.1) is 0 Å². The maximum absolute atomic E-state index is 9.86. The van der Waals surface area contributed by atoms with Crippen molar-refractivity contribution in [3.8, 4) is 0 Å². The van der Waals surface area contributed by atoms with Gasteiger partial charge in [0.1, 0.15) is 6.10 Å². The van der Waals surface area contributed by atoms with Gasteiger partial charge in [0.25, 0.3) is 0 Å². The standard InChI is InChI=1S/C12H18N2O/c15-12(11-7-3-4-8-13-11)9-14-10-5-1-2-6-10/h3-4,7-8,10,12,14-15H,1-2,5-6,9H2. The molecule has 0 radical (unpaired) electrons. The largest absolute Gasteiger partial charge is 0.385 e. The second kappa shape index (κ2) is 5.24. The highest BCUT2D eigenvalue weighted by atomic mass is 16.3. The van der Waals surface area contributed by atoms with Gasteiger partial charge >= 0.3 is 0 Å². The Kier molecular flexibility index (Phi) is 3.69. The molecule has 1 aromatic rings. The molecule has 1 aromatic heterocycles. The van der Waals surface area contributed by atoms with Crippen LogP contribution in [0.4, 0.5) is 0 Å². The van der Waals surface area contributed by atoms with E-state index in [1.165, 1.54) is 25.7 Å². The second-order valence-corrected chi connectivity index (χ2v) is 4.16. The van der Waals surface area contributed by atoms with Crippen LogP contribution in [-0.4, -0.2) is 22.7 Å². The monoisotopic (exact) mass is 206 g/mol. The highest BCUT2D eigenvalue weighted by Crippen LogP contribution is 2.18. The van der Waals surface area contributed by atoms with Crippen molar-refractivity contribution in [1.29, 1.82) is 0 Å². The van der Waals surface area contributed by atoms with Crippen molar-refractivity contribution < 1.29 is 5.11 Å². The lowest BCUT2D eigenvalue weighted by atomic mass is 10.2. The third kappa shape index (κ3) is 3.01. The fourth-order valence-electron chi connectivity index (χ4n) is 2.09. The normalized spacial score (nSPS) is 19.3. The van der Waals surface area contributed by atoms with Crippen LogP contribution in [0.2, 0.25) is 0 Å². The van der Waals surface area contributed by atoms with E-state index < -0.39 is 6.10 Å². The van der Waals surface area contributed by atoms with E-state index in [-0.39, 0.29) is 0 Å². The van der Waals surface area contributed by atoms with Crippen molar-refractivity contribution in [3.63, 3.8) is 0 Å². The zero-order chi connectivity index (χ0) is 10.5. The molecule has 1 atom stereocenters. The summed E-state index contributed by atoms with van der Waals surface area (Å²) in [6.07, 6.45) is 6.36. The summed E-state index contributed by atoms with van der Waals surface area (Å²) in [6, 6.07) is 6.23. The van der Waals surface area contributed by atoms with E-state index in [1.807, 2.05) is 18.2 Å². The van der Waals surface area contributed by atoms with Crippen LogP contribution in [-0.2, 0) is 0 Å². The van der Waals surface area contributed by atoms with Gasteiger partial charge in [-0.2, -0.15) is 0 Å². The molecular formula is C12H18N2O. The van der Waals surface area contributed by atoms with Gasteiger partial charge in [0.2, 0.25) is 0 Å². The fraction of sp³-hybridized carbons (Fsp3) is 0.583. The molecule has 0 aromatic carbocycles. The number of aliphatic hydroxyl groups excluding tert-OH is 1. The summed E-state index contributed by atoms with van der Waals surface area (Å²) in [4.78, 5) is 4.13. The first-order chi connectivity index (χ1) is 7.36. The van der Waals surface area contributed by atoms with Crippen LogP contribution in [0.15, 0.2) is 24.4 Å². The number of hydrogen-bond donors (Lipinski definition) is 2. The second-order valence-electron chi connectivity index (χ2n) is 4.16. The van der Waals surface area contributed by atoms with Crippen LogP contribution in [0, 0.1) is 0 Å². The maximum atomic E-state index is 9.86. The van der Waals surface area contributed by atoms with E-state index in [4.69, 9.17) is 0 Å². The lowest BCUT2D eigenvalue weighted by Gasteiger charge is -2.15. The number of nitrogens with zero attached hydrogens (tertiary/aromatic N) is 1. The molecule has 0 spiro atoms. The minimum atomic E-state index is -0.480. The van der Waals surface area contributed by atoms with Crippen LogP contribution in [0.3, 0.4) is 0 Å². The maximum Gasteiger partial charge on any atom is 0.108 e. The average molecular weight is 206 g/mol. The van der Waals surface area contributed by atoms with E-state index in [2.05, 4.69) is 10.3 Å². The van der Waals surface area contributed by atoms with Gasteiger partial charge in [0.05, 0.1) is 5.69 Å². The molecule has 0 saturated heterocycles. The fourth-order valence-corrected chi connectivity index (χ4v) is 2.09. The first kappa shape index (κ1) is 10.6. The van der Waals surface area contributed by atoms with Crippen LogP contribution < -0.4 is 5.32 Å². The summed E-state index contributed by atoms with van der Waals surface area (Å²) >= 11 is 0. The summed E-state index contributed by atoms with van der Waals surface area (Å²) in [5.41, 5.74) is 0.753. The Morgan fingerprint density at radius 3 is 2.87 bits per heavy atom. The highest BCUT2D eigenvalue weighted by molar-refractivity contribution is 5.06. The number of aliphatic hydroxyl groups is 1. The predicted octanol–water partition coefficient (Wildman–Crippen LogP) is 1.65. The van der Waals surface area contributed by atoms with E-state index >= 15 is 0 Å². The molecule has 3 nitrogen and oxygen atoms in total. The molecule has 0 amide bonds. The van der Waals surface area contributed by atoms with Crippen LogP contribution >= 0.6 is 0 Å². The smallest absolute Gasteiger partial charge is 0.108 e. The summed E-state index contributed by atoms with van der Waals surface area (Å²) in [5, 5.41) is 13.2. The summed E-state index contributed by atoms with van der Waals surface area (Å²) in [6.45, 7) is 0.613. The van der Waals surface area contributed by atoms with E-state index in [9.17, 15) is 5.11 Å². The van der Waals surface area contributed by atoms with Gasteiger partial charge in [-0.1, -0.05) is 18.9 Å². The number of aromatic nitrogens is 1. The molecule has 82 valence electrons. The molecule has 1 saturated carbocycles. The molecule has 1 aliphatic rings. The first-order valence-corrected chi connectivity index (χ1v) is 5.68. The zero-order valence-corrected chi connectivity index (χ0v) is 8.89. The van der Waals surface area contributed by atoms with Crippen molar-refractivity contribution in [2.45, 2.75) is 37.8 Å². The van der Waals surface area contributed by atoms with Gasteiger partial charge in [-0.05, 0) is 25.0 Å². The van der Waals surface area contributed by atoms with Gasteiger partial charge in [0, 0.05) is 18.8 Å². The Balaban J connectivity index is 1.79. The minimum absolute atomic E-state index is 0.480. The Labute approximate surface area is 90.5 Å². The minimum Gasteiger partial charge on any atom is -0.385 e. The van der Waals surface area contributed by atoms with Crippen molar-refractivity contribution in [1.82, 2.24) is 10.3 Å². The SMILES string of the molecule is OC(CNC1CCCC1)c1ccccn1. The van der Waals surface area contributed by atoms with E-state index in [1.54, 1.807) is 6.20 Å². The van der Waals surface area contributed by atoms with Gasteiger partial charge < -0.3 is 10.4 Å². The molecular weight excluding hydrogens is 188 g/mol. The van der Waals surface area contributed by atoms with Gasteiger partial charge in [0.15, 0.2) is 0 Å². The predicted molar refractivity (Wildman–Crippen MR) is 59.5 cm³/mol. The summed E-state index contributed by atoms with van der Waals surface area (Å²) < 4.78 is 0. The van der Waals surface area contributed by atoms with Crippen LogP contribution in [0.25, 0.3) is 0 Å². The molecule has 2 N–H and O–H groups in total. The Morgan fingerprint density at radius 2 is 2.20 bits per heavy atom. The molecule has 15 heavy (non-hydrogen) atoms. The van der Waals surface area contributed by atoms with Crippen LogP contribution in [0.1, 0.15) is 37.5 Å². The average Bonchev–Trinajstić information content (AvgIpc) is 2.80. The molecule has 1 heterocycles. The molecule has 3 heteroatoms. The Morgan fingerprint density at radius 1 is 1.40 bits per heavy atom. The first-order valence-electron chi connectivity index (χ1n) is 5.68. The molecule has 2 rings (SSSR count). The van der Waals surface area contributed by atoms with Crippen LogP contribution in [0.5, 0.6) is 0 Å². The van der Waals surface area contributed by atoms with Crippen molar-refractivity contribution in [2.75, 3.05) is 6.54 Å². The van der Waals surface area contributed by atoms with Gasteiger partial charge in [-0.3, -0.25) is 4.98 Å². The topological polar surface area (TPSA) is 45.1 Å². The van der Waals surface area contributed by atoms with Crippen molar-refractivity contribution >= 4 is 0 Å². The molecule has 1 aliphatic carbocycles. The molecule has 0 bridgehead atoms. The highest BCUT2D eigenvalue weighted by Gasteiger charge is 2.16. The third-order valence-electron chi connectivity index (χ3n) is 2.98. The summed E-state index contributed by atoms with van der Waals surface area (Å²) in [5.74, 6) is 0.